The first-order chi connectivity index (χ1) is 15.2. The number of furan rings is 1. The molecule has 3 aromatic rings. The number of aromatic nitrogens is 1. The molecule has 8 nitrogen and oxygen atoms in total. The zero-order valence-corrected chi connectivity index (χ0v) is 18.5. The number of carbonyl (C=O) groups is 3. The highest BCUT2D eigenvalue weighted by atomic mass is 16.5. The Labute approximate surface area is 185 Å². The third-order valence-corrected chi connectivity index (χ3v) is 6.01. The number of ketones is 1. The summed E-state index contributed by atoms with van der Waals surface area (Å²) >= 11 is 0. The van der Waals surface area contributed by atoms with Gasteiger partial charge in [-0.3, -0.25) is 14.5 Å². The maximum atomic E-state index is 13.2. The number of hydrogen-bond acceptors (Lipinski definition) is 5. The van der Waals surface area contributed by atoms with E-state index in [1.165, 1.54) is 0 Å². The lowest BCUT2D eigenvalue weighted by Crippen LogP contribution is -2.41. The fourth-order valence-electron chi connectivity index (χ4n) is 4.07. The van der Waals surface area contributed by atoms with Crippen molar-refractivity contribution in [3.8, 4) is 5.75 Å². The Morgan fingerprint density at radius 3 is 2.50 bits per heavy atom. The second-order valence-corrected chi connectivity index (χ2v) is 8.05. The van der Waals surface area contributed by atoms with Crippen molar-refractivity contribution in [1.29, 1.82) is 0 Å². The van der Waals surface area contributed by atoms with Crippen LogP contribution < -0.4 is 10.1 Å². The minimum atomic E-state index is -1.25. The van der Waals surface area contributed by atoms with Gasteiger partial charge in [-0.25, -0.2) is 4.79 Å². The molecule has 3 heterocycles. The number of aryl methyl sites for hydroxylation is 1. The number of hydrogen-bond donors (Lipinski definition) is 1. The summed E-state index contributed by atoms with van der Waals surface area (Å²) in [6.45, 7) is 5.55. The van der Waals surface area contributed by atoms with Gasteiger partial charge in [0.15, 0.2) is 5.78 Å². The van der Waals surface area contributed by atoms with Gasteiger partial charge in [0.25, 0.3) is 5.91 Å². The highest BCUT2D eigenvalue weighted by Gasteiger charge is 2.49. The van der Waals surface area contributed by atoms with Gasteiger partial charge in [-0.1, -0.05) is 12.1 Å². The predicted octanol–water partition coefficient (Wildman–Crippen LogP) is 3.40. The lowest BCUT2D eigenvalue weighted by Gasteiger charge is -2.22. The van der Waals surface area contributed by atoms with Crippen molar-refractivity contribution in [1.82, 2.24) is 14.8 Å². The number of nitrogens with one attached hydrogen (secondary N) is 1. The average Bonchev–Trinajstić information content (AvgIpc) is 3.45. The molecule has 0 unspecified atom stereocenters. The molecule has 0 saturated carbocycles. The van der Waals surface area contributed by atoms with Crippen LogP contribution in [0.4, 0.5) is 4.79 Å². The molecular formula is C24H25N3O5. The van der Waals surface area contributed by atoms with Crippen LogP contribution in [0.15, 0.2) is 53.1 Å². The van der Waals surface area contributed by atoms with Crippen LogP contribution in [0.25, 0.3) is 0 Å². The first-order valence-corrected chi connectivity index (χ1v) is 10.3. The van der Waals surface area contributed by atoms with Gasteiger partial charge in [0, 0.05) is 17.0 Å². The van der Waals surface area contributed by atoms with Crippen molar-refractivity contribution in [3.05, 3.63) is 77.0 Å². The van der Waals surface area contributed by atoms with Crippen molar-refractivity contribution < 1.29 is 23.5 Å². The van der Waals surface area contributed by atoms with Crippen molar-refractivity contribution in [2.45, 2.75) is 32.9 Å². The monoisotopic (exact) mass is 435 g/mol. The molecule has 0 spiro atoms. The van der Waals surface area contributed by atoms with Crippen LogP contribution in [-0.4, -0.2) is 40.8 Å². The van der Waals surface area contributed by atoms with Gasteiger partial charge in [-0.2, -0.15) is 0 Å². The zero-order chi connectivity index (χ0) is 23.0. The van der Waals surface area contributed by atoms with Crippen molar-refractivity contribution in [2.75, 3.05) is 13.7 Å². The Morgan fingerprint density at radius 1 is 1.16 bits per heavy atom. The van der Waals surface area contributed by atoms with E-state index >= 15 is 0 Å². The first-order valence-electron chi connectivity index (χ1n) is 10.3. The molecule has 32 heavy (non-hydrogen) atoms. The van der Waals surface area contributed by atoms with Gasteiger partial charge in [0.05, 0.1) is 26.5 Å². The number of carbonyl (C=O) groups excluding carboxylic acids is 3. The van der Waals surface area contributed by atoms with Gasteiger partial charge < -0.3 is 19.0 Å². The highest BCUT2D eigenvalue weighted by molar-refractivity contribution is 6.11. The predicted molar refractivity (Wildman–Crippen MR) is 117 cm³/mol. The number of amides is 3. The van der Waals surface area contributed by atoms with Gasteiger partial charge in [-0.05, 0) is 56.7 Å². The molecule has 0 aliphatic carbocycles. The van der Waals surface area contributed by atoms with Crippen LogP contribution in [0.3, 0.4) is 0 Å². The van der Waals surface area contributed by atoms with Crippen LogP contribution in [0, 0.1) is 13.8 Å². The molecular weight excluding hydrogens is 410 g/mol. The molecule has 0 radical (unpaired) electrons. The number of rotatable bonds is 7. The Hall–Kier alpha value is -3.81. The summed E-state index contributed by atoms with van der Waals surface area (Å²) in [6, 6.07) is 11.8. The van der Waals surface area contributed by atoms with Crippen molar-refractivity contribution >= 4 is 17.7 Å². The summed E-state index contributed by atoms with van der Waals surface area (Å²) in [5.74, 6) is 0.651. The molecule has 1 saturated heterocycles. The third kappa shape index (κ3) is 3.57. The molecule has 4 rings (SSSR count). The van der Waals surface area contributed by atoms with E-state index in [0.29, 0.717) is 23.4 Å². The average molecular weight is 435 g/mol. The Balaban J connectivity index is 1.54. The van der Waals surface area contributed by atoms with Crippen molar-refractivity contribution in [3.63, 3.8) is 0 Å². The highest BCUT2D eigenvalue weighted by Crippen LogP contribution is 2.30. The molecule has 1 atom stereocenters. The van der Waals surface area contributed by atoms with Crippen molar-refractivity contribution in [2.24, 2.45) is 0 Å². The van der Waals surface area contributed by atoms with E-state index in [4.69, 9.17) is 9.15 Å². The van der Waals surface area contributed by atoms with Crippen LogP contribution >= 0.6 is 0 Å². The van der Waals surface area contributed by atoms with E-state index in [0.717, 1.165) is 22.0 Å². The van der Waals surface area contributed by atoms with E-state index in [-0.39, 0.29) is 12.3 Å². The lowest BCUT2D eigenvalue weighted by atomic mass is 9.92. The maximum Gasteiger partial charge on any atom is 0.325 e. The quantitative estimate of drug-likeness (QED) is 0.453. The van der Waals surface area contributed by atoms with Gasteiger partial charge in [-0.15, -0.1) is 0 Å². The Morgan fingerprint density at radius 2 is 1.88 bits per heavy atom. The normalized spacial score (nSPS) is 18.2. The minimum absolute atomic E-state index is 0.300. The van der Waals surface area contributed by atoms with Crippen LogP contribution in [0.1, 0.15) is 40.0 Å². The summed E-state index contributed by atoms with van der Waals surface area (Å²) in [6.07, 6.45) is 1.60. The molecule has 1 aromatic carbocycles. The largest absolute Gasteiger partial charge is 0.497 e. The van der Waals surface area contributed by atoms with E-state index in [1.54, 1.807) is 50.6 Å². The number of ether oxygens (including phenoxy) is 1. The number of urea groups is 1. The molecule has 1 aliphatic heterocycles. The second kappa shape index (κ2) is 8.03. The smallest absolute Gasteiger partial charge is 0.325 e. The summed E-state index contributed by atoms with van der Waals surface area (Å²) < 4.78 is 12.5. The van der Waals surface area contributed by atoms with Gasteiger partial charge in [0.1, 0.15) is 17.0 Å². The number of Topliss-reactive ketones (excluding diaryl/α,β-unsaturated/α-hetero) is 1. The number of benzene rings is 1. The topological polar surface area (TPSA) is 93.8 Å². The summed E-state index contributed by atoms with van der Waals surface area (Å²) in [5, 5.41) is 2.73. The molecule has 0 bridgehead atoms. The summed E-state index contributed by atoms with van der Waals surface area (Å²) in [4.78, 5) is 39.9. The van der Waals surface area contributed by atoms with E-state index in [9.17, 15) is 14.4 Å². The molecule has 2 aromatic heterocycles. The lowest BCUT2D eigenvalue weighted by molar-refractivity contribution is -0.130. The fourth-order valence-corrected chi connectivity index (χ4v) is 4.07. The minimum Gasteiger partial charge on any atom is -0.497 e. The number of imide groups is 1. The van der Waals surface area contributed by atoms with Gasteiger partial charge >= 0.3 is 6.03 Å². The second-order valence-electron chi connectivity index (χ2n) is 8.05. The van der Waals surface area contributed by atoms with E-state index in [2.05, 4.69) is 5.32 Å². The molecule has 3 amide bonds. The molecule has 8 heteroatoms. The Bertz CT molecular complexity index is 1180. The number of nitrogens with zero attached hydrogens (tertiary/aromatic N) is 2. The molecule has 1 fully saturated rings. The van der Waals surface area contributed by atoms with E-state index < -0.39 is 17.5 Å². The standard InChI is InChI=1S/C24H25N3O5/c1-15-12-20(16(2)26(15)13-19-6-5-11-32-19)21(28)14-27-22(29)24(3,25-23(27)30)17-7-9-18(31-4)10-8-17/h5-12H,13-14H2,1-4H3,(H,25,30)/t24-/m1/s1. The fraction of sp³-hybridized carbons (Fsp3) is 0.292. The zero-order valence-electron chi connectivity index (χ0n) is 18.5. The first kappa shape index (κ1) is 21.4. The molecule has 1 aliphatic rings. The van der Waals surface area contributed by atoms with Crippen LogP contribution in [0.5, 0.6) is 5.75 Å². The third-order valence-electron chi connectivity index (χ3n) is 6.01. The Kier molecular flexibility index (Phi) is 5.38. The number of methoxy groups -OCH3 is 1. The molecule has 1 N–H and O–H groups in total. The van der Waals surface area contributed by atoms with Crippen LogP contribution in [-0.2, 0) is 16.9 Å². The summed E-state index contributed by atoms with van der Waals surface area (Å²) in [5.41, 5.74) is 1.49. The van der Waals surface area contributed by atoms with Gasteiger partial charge in [0.2, 0.25) is 0 Å². The van der Waals surface area contributed by atoms with Crippen LogP contribution in [0.2, 0.25) is 0 Å². The molecule has 166 valence electrons. The SMILES string of the molecule is COc1ccc([C@@]2(C)NC(=O)N(CC(=O)c3cc(C)n(Cc4ccco4)c3C)C2=O)cc1. The maximum absolute atomic E-state index is 13.2. The van der Waals surface area contributed by atoms with E-state index in [1.807, 2.05) is 30.5 Å². The summed E-state index contributed by atoms with van der Waals surface area (Å²) in [7, 11) is 1.55.